The summed E-state index contributed by atoms with van der Waals surface area (Å²) in [6, 6.07) is 0. The predicted molar refractivity (Wildman–Crippen MR) is 160 cm³/mol. The number of rotatable bonds is 21. The third-order valence-corrected chi connectivity index (χ3v) is 7.58. The van der Waals surface area contributed by atoms with Crippen molar-refractivity contribution < 1.29 is 38.1 Å². The van der Waals surface area contributed by atoms with Crippen LogP contribution in [-0.2, 0) is 28.5 Å². The first-order valence-corrected chi connectivity index (χ1v) is 16.4. The van der Waals surface area contributed by atoms with Crippen molar-refractivity contribution in [1.29, 1.82) is 0 Å². The Hall–Kier alpha value is -2.26. The first-order chi connectivity index (χ1) is 19.0. The Morgan fingerprint density at radius 3 is 2.23 bits per heavy atom. The number of nitrogens with zero attached hydrogens (tertiary/aromatic N) is 1. The van der Waals surface area contributed by atoms with Crippen LogP contribution in [0.1, 0.15) is 79.6 Å². The minimum absolute atomic E-state index is 0.000178. The van der Waals surface area contributed by atoms with Crippen LogP contribution in [0.5, 0.6) is 0 Å². The first-order valence-electron chi connectivity index (χ1n) is 13.9. The number of nitrogens with one attached hydrogen (secondary N) is 1. The second kappa shape index (κ2) is 23.4. The molecule has 0 bridgehead atoms. The van der Waals surface area contributed by atoms with E-state index in [1.807, 2.05) is 6.92 Å². The van der Waals surface area contributed by atoms with Crippen molar-refractivity contribution >= 4 is 45.7 Å². The van der Waals surface area contributed by atoms with Crippen LogP contribution in [0, 0.1) is 18.3 Å². The Balaban J connectivity index is 4.40. The molecule has 0 fully saturated rings. The van der Waals surface area contributed by atoms with E-state index in [1.165, 1.54) is 15.7 Å². The van der Waals surface area contributed by atoms with E-state index in [-0.39, 0.29) is 44.6 Å². The molecule has 0 aromatic carbocycles. The molecule has 40 heavy (non-hydrogen) atoms. The molecule has 0 aromatic rings. The zero-order chi connectivity index (χ0) is 30.2. The number of hydrogen-bond donors (Lipinski definition) is 1. The topological polar surface area (TPSA) is 120 Å². The van der Waals surface area contributed by atoms with E-state index in [0.717, 1.165) is 25.7 Å². The Kier molecular flexibility index (Phi) is 22.1. The molecule has 0 aliphatic carbocycles. The fraction of sp³-hybridized carbons (Fsp3) is 0.786. The standard InChI is InChI=1S/C28H48N2O8S2/c1-7-10-13-23(9-3)25(32)36-19-21-39-40-22-20-37-27(34)30(17-14-24(31)35-18-11-8-2)16-12-15-29-26(33)38-28(4,5)6/h2,23H,7,9-22H2,1,3-6H3,(H,29,33). The zero-order valence-electron chi connectivity index (χ0n) is 24.8. The van der Waals surface area contributed by atoms with Crippen molar-refractivity contribution in [1.82, 2.24) is 10.2 Å². The number of amides is 2. The van der Waals surface area contributed by atoms with Gasteiger partial charge < -0.3 is 29.2 Å². The lowest BCUT2D eigenvalue weighted by Gasteiger charge is -2.22. The van der Waals surface area contributed by atoms with E-state index in [1.54, 1.807) is 31.6 Å². The lowest BCUT2D eigenvalue weighted by molar-refractivity contribution is -0.148. The van der Waals surface area contributed by atoms with Crippen LogP contribution in [-0.4, -0.2) is 85.6 Å². The first kappa shape index (κ1) is 37.7. The summed E-state index contributed by atoms with van der Waals surface area (Å²) in [5, 5.41) is 2.65. The van der Waals surface area contributed by atoms with Gasteiger partial charge in [-0.05, 0) is 40.0 Å². The van der Waals surface area contributed by atoms with Gasteiger partial charge in [-0.1, -0.05) is 48.3 Å². The maximum Gasteiger partial charge on any atom is 0.409 e. The van der Waals surface area contributed by atoms with Gasteiger partial charge in [0.2, 0.25) is 0 Å². The number of carbonyl (C=O) groups is 4. The molecule has 230 valence electrons. The van der Waals surface area contributed by atoms with Gasteiger partial charge in [-0.25, -0.2) is 9.59 Å². The van der Waals surface area contributed by atoms with E-state index < -0.39 is 23.8 Å². The number of hydrogen-bond acceptors (Lipinski definition) is 10. The molecule has 2 amide bonds. The summed E-state index contributed by atoms with van der Waals surface area (Å²) in [5.41, 5.74) is -0.604. The van der Waals surface area contributed by atoms with Crippen LogP contribution < -0.4 is 5.32 Å². The molecule has 0 saturated heterocycles. The van der Waals surface area contributed by atoms with Gasteiger partial charge in [0.25, 0.3) is 0 Å². The van der Waals surface area contributed by atoms with E-state index in [9.17, 15) is 19.2 Å². The van der Waals surface area contributed by atoms with Crippen LogP contribution in [0.3, 0.4) is 0 Å². The third kappa shape index (κ3) is 21.5. The fourth-order valence-corrected chi connectivity index (χ4v) is 4.85. The SMILES string of the molecule is C#CCCOC(=O)CCN(CCCNC(=O)OC(C)(C)C)C(=O)OCCSSCCOC(=O)C(CC)CCCC. The van der Waals surface area contributed by atoms with Crippen molar-refractivity contribution in [3.63, 3.8) is 0 Å². The molecular weight excluding hydrogens is 556 g/mol. The molecule has 12 heteroatoms. The summed E-state index contributed by atoms with van der Waals surface area (Å²) >= 11 is 0. The minimum atomic E-state index is -0.604. The van der Waals surface area contributed by atoms with Crippen molar-refractivity contribution in [2.45, 2.75) is 85.2 Å². The molecule has 1 unspecified atom stereocenters. The van der Waals surface area contributed by atoms with Crippen molar-refractivity contribution in [2.24, 2.45) is 5.92 Å². The number of alkyl carbamates (subject to hydrolysis) is 1. The van der Waals surface area contributed by atoms with Gasteiger partial charge in [-0.3, -0.25) is 9.59 Å². The molecule has 0 heterocycles. The normalized spacial score (nSPS) is 11.6. The highest BCUT2D eigenvalue weighted by atomic mass is 33.1. The lowest BCUT2D eigenvalue weighted by atomic mass is 10.00. The molecule has 10 nitrogen and oxygen atoms in total. The largest absolute Gasteiger partial charge is 0.465 e. The van der Waals surface area contributed by atoms with Gasteiger partial charge in [-0.15, -0.1) is 12.3 Å². The second-order valence-electron chi connectivity index (χ2n) is 9.87. The van der Waals surface area contributed by atoms with Crippen molar-refractivity contribution in [3.8, 4) is 12.3 Å². The Morgan fingerprint density at radius 2 is 1.62 bits per heavy atom. The molecule has 0 saturated carbocycles. The van der Waals surface area contributed by atoms with E-state index in [0.29, 0.717) is 37.5 Å². The van der Waals surface area contributed by atoms with Crippen LogP contribution >= 0.6 is 21.6 Å². The lowest BCUT2D eigenvalue weighted by Crippen LogP contribution is -2.37. The minimum Gasteiger partial charge on any atom is -0.465 e. The number of esters is 2. The van der Waals surface area contributed by atoms with Crippen LogP contribution in [0.25, 0.3) is 0 Å². The highest BCUT2D eigenvalue weighted by Crippen LogP contribution is 2.21. The number of terminal acetylenes is 1. The van der Waals surface area contributed by atoms with Crippen molar-refractivity contribution in [2.75, 3.05) is 51.0 Å². The third-order valence-electron chi connectivity index (χ3n) is 5.25. The van der Waals surface area contributed by atoms with Crippen LogP contribution in [0.2, 0.25) is 0 Å². The predicted octanol–water partition coefficient (Wildman–Crippen LogP) is 5.44. The van der Waals surface area contributed by atoms with Gasteiger partial charge in [0.15, 0.2) is 0 Å². The summed E-state index contributed by atoms with van der Waals surface area (Å²) in [7, 11) is 3.07. The molecule has 1 atom stereocenters. The molecule has 0 aliphatic heterocycles. The summed E-state index contributed by atoms with van der Waals surface area (Å²) in [4.78, 5) is 50.0. The molecule has 0 spiro atoms. The summed E-state index contributed by atoms with van der Waals surface area (Å²) < 4.78 is 21.0. The molecule has 0 rings (SSSR count). The smallest absolute Gasteiger partial charge is 0.409 e. The molecule has 0 radical (unpaired) electrons. The quantitative estimate of drug-likeness (QED) is 0.0596. The van der Waals surface area contributed by atoms with Gasteiger partial charge in [0.1, 0.15) is 25.4 Å². The maximum absolute atomic E-state index is 12.6. The van der Waals surface area contributed by atoms with E-state index >= 15 is 0 Å². The average Bonchev–Trinajstić information content (AvgIpc) is 2.89. The maximum atomic E-state index is 12.6. The number of carbonyl (C=O) groups excluding carboxylic acids is 4. The molecular formula is C28H48N2O8S2. The number of unbranched alkanes of at least 4 members (excludes halogenated alkanes) is 1. The highest BCUT2D eigenvalue weighted by molar-refractivity contribution is 8.76. The Morgan fingerprint density at radius 1 is 0.950 bits per heavy atom. The molecule has 0 aliphatic rings. The second-order valence-corrected chi connectivity index (χ2v) is 12.6. The van der Waals surface area contributed by atoms with Crippen molar-refractivity contribution in [3.05, 3.63) is 0 Å². The van der Waals surface area contributed by atoms with Gasteiger partial charge in [0, 0.05) is 37.6 Å². The number of ether oxygens (including phenoxy) is 4. The van der Waals surface area contributed by atoms with E-state index in [2.05, 4.69) is 18.2 Å². The highest BCUT2D eigenvalue weighted by Gasteiger charge is 2.19. The summed E-state index contributed by atoms with van der Waals surface area (Å²) in [5.74, 6) is 2.98. The average molecular weight is 605 g/mol. The van der Waals surface area contributed by atoms with E-state index in [4.69, 9.17) is 25.4 Å². The van der Waals surface area contributed by atoms with Crippen LogP contribution in [0.15, 0.2) is 0 Å². The van der Waals surface area contributed by atoms with Crippen LogP contribution in [0.4, 0.5) is 9.59 Å². The molecule has 0 aromatic heterocycles. The molecule has 1 N–H and O–H groups in total. The van der Waals surface area contributed by atoms with Gasteiger partial charge in [-0.2, -0.15) is 0 Å². The summed E-state index contributed by atoms with van der Waals surface area (Å²) in [6.45, 7) is 10.8. The van der Waals surface area contributed by atoms with Gasteiger partial charge >= 0.3 is 24.1 Å². The summed E-state index contributed by atoms with van der Waals surface area (Å²) in [6.07, 6.45) is 8.58. The monoisotopic (exact) mass is 604 g/mol. The van der Waals surface area contributed by atoms with Gasteiger partial charge in [0.05, 0.1) is 12.3 Å². The Bertz CT molecular complexity index is 783. The Labute approximate surface area is 248 Å². The fourth-order valence-electron chi connectivity index (χ4n) is 3.20. The zero-order valence-corrected chi connectivity index (χ0v) is 26.4.